The zero-order chi connectivity index (χ0) is 18.2. The highest BCUT2D eigenvalue weighted by atomic mass is 127. The Kier molecular flexibility index (Phi) is 10.1. The van der Waals surface area contributed by atoms with Gasteiger partial charge in [0.15, 0.2) is 5.96 Å². The number of aliphatic imine (C=N–C) groups is 1. The third kappa shape index (κ3) is 7.33. The van der Waals surface area contributed by atoms with Gasteiger partial charge in [0.25, 0.3) is 0 Å². The minimum absolute atomic E-state index is 0. The quantitative estimate of drug-likeness (QED) is 0.312. The molecule has 3 rings (SSSR count). The largest absolute Gasteiger partial charge is 0.388 e. The number of hydrogen-bond donors (Lipinski definition) is 3. The third-order valence-corrected chi connectivity index (χ3v) is 6.26. The van der Waals surface area contributed by atoms with Crippen LogP contribution < -0.4 is 10.6 Å². The number of guanidine groups is 1. The van der Waals surface area contributed by atoms with Crippen LogP contribution in [0, 0.1) is 0 Å². The van der Waals surface area contributed by atoms with E-state index in [1.165, 1.54) is 58.0 Å². The number of rotatable bonds is 5. The van der Waals surface area contributed by atoms with Gasteiger partial charge >= 0.3 is 0 Å². The molecule has 158 valence electrons. The molecule has 2 heterocycles. The number of likely N-dealkylation sites (tertiary alicyclic amines) is 1. The van der Waals surface area contributed by atoms with Crippen molar-refractivity contribution in [3.8, 4) is 0 Å². The van der Waals surface area contributed by atoms with Gasteiger partial charge in [0.2, 0.25) is 0 Å². The van der Waals surface area contributed by atoms with E-state index >= 15 is 0 Å². The molecule has 0 spiro atoms. The van der Waals surface area contributed by atoms with Gasteiger partial charge in [0.05, 0.1) is 12.1 Å². The molecule has 2 saturated heterocycles. The molecule has 0 amide bonds. The van der Waals surface area contributed by atoms with E-state index in [2.05, 4.69) is 27.4 Å². The summed E-state index contributed by atoms with van der Waals surface area (Å²) in [6.45, 7) is 7.05. The lowest BCUT2D eigenvalue weighted by Gasteiger charge is -2.39. The normalized spacial score (nSPS) is 25.6. The van der Waals surface area contributed by atoms with Crippen molar-refractivity contribution in [1.82, 2.24) is 15.5 Å². The average Bonchev–Trinajstić information content (AvgIpc) is 2.68. The van der Waals surface area contributed by atoms with Gasteiger partial charge in [-0.1, -0.05) is 19.3 Å². The van der Waals surface area contributed by atoms with Gasteiger partial charge in [-0.15, -0.1) is 24.0 Å². The molecule has 0 unspecified atom stereocenters. The summed E-state index contributed by atoms with van der Waals surface area (Å²) < 4.78 is 5.36. The van der Waals surface area contributed by atoms with Crippen LogP contribution in [0.5, 0.6) is 0 Å². The Labute approximate surface area is 181 Å². The van der Waals surface area contributed by atoms with Gasteiger partial charge in [0, 0.05) is 57.8 Å². The van der Waals surface area contributed by atoms with Crippen LogP contribution in [0.4, 0.5) is 0 Å². The fraction of sp³-hybridized carbons (Fsp3) is 0.950. The Balaban J connectivity index is 0.00000261. The molecule has 0 radical (unpaired) electrons. The van der Waals surface area contributed by atoms with Gasteiger partial charge in [0.1, 0.15) is 0 Å². The van der Waals surface area contributed by atoms with E-state index in [4.69, 9.17) is 4.74 Å². The first kappa shape index (κ1) is 23.2. The monoisotopic (exact) mass is 494 g/mol. The number of ether oxygens (including phenoxy) is 1. The second-order valence-corrected chi connectivity index (χ2v) is 8.28. The molecule has 0 aromatic rings. The van der Waals surface area contributed by atoms with E-state index in [1.807, 2.05) is 0 Å². The summed E-state index contributed by atoms with van der Waals surface area (Å²) in [5.41, 5.74) is -0.703. The minimum atomic E-state index is -0.703. The molecule has 27 heavy (non-hydrogen) atoms. The van der Waals surface area contributed by atoms with Crippen molar-refractivity contribution < 1.29 is 9.84 Å². The molecule has 3 N–H and O–H groups in total. The molecule has 0 aromatic carbocycles. The molecular formula is C20H39IN4O2. The maximum atomic E-state index is 10.6. The Morgan fingerprint density at radius 2 is 1.78 bits per heavy atom. The SMILES string of the molecule is CCNC(=NCC1(O)CCOCC1)NC1CCN(C2CCCCC2)CC1.I. The number of nitrogens with zero attached hydrogens (tertiary/aromatic N) is 2. The highest BCUT2D eigenvalue weighted by Crippen LogP contribution is 2.25. The van der Waals surface area contributed by atoms with Crippen molar-refractivity contribution >= 4 is 29.9 Å². The van der Waals surface area contributed by atoms with Gasteiger partial charge in [-0.3, -0.25) is 4.99 Å². The van der Waals surface area contributed by atoms with Crippen molar-refractivity contribution in [2.45, 2.75) is 82.4 Å². The Morgan fingerprint density at radius 1 is 1.11 bits per heavy atom. The standard InChI is InChI=1S/C20H38N4O2.HI/c1-2-21-19(22-16-20(25)10-14-26-15-11-20)23-17-8-12-24(13-9-17)18-6-4-3-5-7-18;/h17-18,25H,2-16H2,1H3,(H2,21,22,23);1H. The fourth-order valence-corrected chi connectivity index (χ4v) is 4.50. The summed E-state index contributed by atoms with van der Waals surface area (Å²) >= 11 is 0. The van der Waals surface area contributed by atoms with Crippen LogP contribution in [0.15, 0.2) is 4.99 Å². The first-order valence-corrected chi connectivity index (χ1v) is 10.8. The van der Waals surface area contributed by atoms with Crippen molar-refractivity contribution in [2.24, 2.45) is 4.99 Å². The van der Waals surface area contributed by atoms with Crippen LogP contribution in [-0.2, 0) is 4.74 Å². The number of halogens is 1. The van der Waals surface area contributed by atoms with Crippen LogP contribution in [0.25, 0.3) is 0 Å². The molecule has 7 heteroatoms. The third-order valence-electron chi connectivity index (χ3n) is 6.26. The molecule has 0 aromatic heterocycles. The van der Waals surface area contributed by atoms with Gasteiger partial charge in [-0.05, 0) is 32.6 Å². The lowest BCUT2D eigenvalue weighted by molar-refractivity contribution is -0.0566. The Morgan fingerprint density at radius 3 is 2.41 bits per heavy atom. The Hall–Kier alpha value is -0.120. The highest BCUT2D eigenvalue weighted by Gasteiger charge is 2.30. The lowest BCUT2D eigenvalue weighted by atomic mass is 9.92. The minimum Gasteiger partial charge on any atom is -0.388 e. The van der Waals surface area contributed by atoms with E-state index in [1.54, 1.807) is 0 Å². The molecule has 1 aliphatic carbocycles. The van der Waals surface area contributed by atoms with E-state index in [0.29, 0.717) is 38.6 Å². The number of aliphatic hydroxyl groups is 1. The molecule has 1 saturated carbocycles. The molecule has 0 atom stereocenters. The van der Waals surface area contributed by atoms with Crippen molar-refractivity contribution in [1.29, 1.82) is 0 Å². The zero-order valence-electron chi connectivity index (χ0n) is 16.9. The molecule has 0 bridgehead atoms. The second-order valence-electron chi connectivity index (χ2n) is 8.28. The lowest BCUT2D eigenvalue weighted by Crippen LogP contribution is -2.51. The summed E-state index contributed by atoms with van der Waals surface area (Å²) in [4.78, 5) is 7.40. The van der Waals surface area contributed by atoms with Crippen molar-refractivity contribution in [3.05, 3.63) is 0 Å². The zero-order valence-corrected chi connectivity index (χ0v) is 19.2. The summed E-state index contributed by atoms with van der Waals surface area (Å²) in [6, 6.07) is 1.31. The van der Waals surface area contributed by atoms with E-state index in [-0.39, 0.29) is 24.0 Å². The predicted molar refractivity (Wildman–Crippen MR) is 121 cm³/mol. The van der Waals surface area contributed by atoms with Gasteiger partial charge in [-0.2, -0.15) is 0 Å². The second kappa shape index (κ2) is 11.8. The highest BCUT2D eigenvalue weighted by molar-refractivity contribution is 14.0. The molecule has 6 nitrogen and oxygen atoms in total. The first-order valence-electron chi connectivity index (χ1n) is 10.8. The van der Waals surface area contributed by atoms with Crippen LogP contribution in [0.3, 0.4) is 0 Å². The number of nitrogens with one attached hydrogen (secondary N) is 2. The van der Waals surface area contributed by atoms with Crippen LogP contribution >= 0.6 is 24.0 Å². The van der Waals surface area contributed by atoms with Crippen LogP contribution in [0.1, 0.15) is 64.7 Å². The summed E-state index contributed by atoms with van der Waals surface area (Å²) in [5, 5.41) is 17.6. The van der Waals surface area contributed by atoms with Gasteiger partial charge < -0.3 is 25.4 Å². The topological polar surface area (TPSA) is 69.1 Å². The molecule has 3 fully saturated rings. The maximum Gasteiger partial charge on any atom is 0.191 e. The average molecular weight is 494 g/mol. The van der Waals surface area contributed by atoms with E-state index in [9.17, 15) is 5.11 Å². The van der Waals surface area contributed by atoms with E-state index in [0.717, 1.165) is 18.5 Å². The number of piperidine rings is 1. The summed E-state index contributed by atoms with van der Waals surface area (Å²) in [6.07, 6.45) is 10.7. The van der Waals surface area contributed by atoms with Crippen molar-refractivity contribution in [2.75, 3.05) is 39.4 Å². The first-order chi connectivity index (χ1) is 12.7. The van der Waals surface area contributed by atoms with Crippen LogP contribution in [0.2, 0.25) is 0 Å². The van der Waals surface area contributed by atoms with E-state index < -0.39 is 5.60 Å². The maximum absolute atomic E-state index is 10.6. The van der Waals surface area contributed by atoms with Crippen molar-refractivity contribution in [3.63, 3.8) is 0 Å². The summed E-state index contributed by atoms with van der Waals surface area (Å²) in [7, 11) is 0. The van der Waals surface area contributed by atoms with Crippen LogP contribution in [-0.4, -0.2) is 73.0 Å². The smallest absolute Gasteiger partial charge is 0.191 e. The summed E-state index contributed by atoms with van der Waals surface area (Å²) in [5.74, 6) is 0.850. The Bertz CT molecular complexity index is 443. The number of hydrogen-bond acceptors (Lipinski definition) is 4. The predicted octanol–water partition coefficient (Wildman–Crippen LogP) is 2.50. The molecule has 2 aliphatic heterocycles. The molecule has 3 aliphatic rings. The fourth-order valence-electron chi connectivity index (χ4n) is 4.50. The molecular weight excluding hydrogens is 455 g/mol. The van der Waals surface area contributed by atoms with Gasteiger partial charge in [-0.25, -0.2) is 0 Å².